The van der Waals surface area contributed by atoms with Crippen LogP contribution in [-0.4, -0.2) is 10.1 Å². The first-order valence-corrected chi connectivity index (χ1v) is 6.40. The van der Waals surface area contributed by atoms with Crippen molar-refractivity contribution in [3.63, 3.8) is 0 Å². The summed E-state index contributed by atoms with van der Waals surface area (Å²) in [6.45, 7) is 0. The lowest BCUT2D eigenvalue weighted by Gasteiger charge is -1.96. The van der Waals surface area contributed by atoms with E-state index in [9.17, 15) is 14.7 Å². The summed E-state index contributed by atoms with van der Waals surface area (Å²) in [6.07, 6.45) is 0. The lowest BCUT2D eigenvalue weighted by Crippen LogP contribution is -2.00. The van der Waals surface area contributed by atoms with E-state index in [1.165, 1.54) is 0 Å². The lowest BCUT2D eigenvalue weighted by molar-refractivity contribution is 0.468. The summed E-state index contributed by atoms with van der Waals surface area (Å²) < 4.78 is 1.86. The van der Waals surface area contributed by atoms with Crippen LogP contribution in [0.25, 0.3) is 10.9 Å². The molecule has 1 aromatic heterocycles. The number of fused-ring (bicyclic) bond motifs is 1. The van der Waals surface area contributed by atoms with Crippen molar-refractivity contribution in [2.75, 3.05) is 0 Å². The van der Waals surface area contributed by atoms with E-state index in [4.69, 9.17) is 0 Å². The summed E-state index contributed by atoms with van der Waals surface area (Å²) in [7, 11) is 0. The van der Waals surface area contributed by atoms with Gasteiger partial charge < -0.3 is 10.1 Å². The molecule has 0 spiro atoms. The average molecular weight is 441 g/mol. The van der Waals surface area contributed by atoms with Crippen LogP contribution in [0.2, 0.25) is 0 Å². The van der Waals surface area contributed by atoms with E-state index in [0.717, 1.165) is 13.2 Å². The molecule has 0 aliphatic heterocycles. The molecular formula is C10H5I2NO3. The van der Waals surface area contributed by atoms with Gasteiger partial charge in [-0.15, -0.1) is 0 Å². The summed E-state index contributed by atoms with van der Waals surface area (Å²) in [5.41, 5.74) is -0.607. The van der Waals surface area contributed by atoms with Crippen molar-refractivity contribution in [2.24, 2.45) is 0 Å². The van der Waals surface area contributed by atoms with Gasteiger partial charge in [0.2, 0.25) is 0 Å². The molecule has 16 heavy (non-hydrogen) atoms. The second-order valence-corrected chi connectivity index (χ2v) is 5.48. The van der Waals surface area contributed by atoms with E-state index >= 15 is 0 Å². The Kier molecular flexibility index (Phi) is 3.19. The summed E-state index contributed by atoms with van der Waals surface area (Å²) >= 11 is 4.22. The maximum atomic E-state index is 11.7. The van der Waals surface area contributed by atoms with Gasteiger partial charge >= 0.3 is 0 Å². The van der Waals surface area contributed by atoms with Crippen molar-refractivity contribution in [3.8, 4) is 5.75 Å². The molecule has 0 aliphatic rings. The van der Waals surface area contributed by atoms with Crippen LogP contribution in [0, 0.1) is 7.14 Å². The molecule has 0 saturated heterocycles. The predicted octanol–water partition coefficient (Wildman–Crippen LogP) is 1.80. The Morgan fingerprint density at radius 2 is 1.69 bits per heavy atom. The highest BCUT2D eigenvalue weighted by Crippen LogP contribution is 2.19. The first-order valence-electron chi connectivity index (χ1n) is 4.24. The summed E-state index contributed by atoms with van der Waals surface area (Å²) in [5.74, 6) is -0.564. The number of halogens is 2. The Bertz CT molecular complexity index is 694. The van der Waals surface area contributed by atoms with Crippen LogP contribution in [-0.2, 0) is 0 Å². The minimum absolute atomic E-state index is 0.375. The zero-order chi connectivity index (χ0) is 11.9. The van der Waals surface area contributed by atoms with Gasteiger partial charge in [-0.05, 0) is 57.3 Å². The van der Waals surface area contributed by atoms with Gasteiger partial charge in [-0.2, -0.15) is 0 Å². The summed E-state index contributed by atoms with van der Waals surface area (Å²) in [4.78, 5) is 25.5. The monoisotopic (exact) mass is 441 g/mol. The molecular weight excluding hydrogens is 436 g/mol. The Labute approximate surface area is 117 Å². The van der Waals surface area contributed by atoms with Crippen LogP contribution in [0.3, 0.4) is 0 Å². The molecule has 1 aromatic carbocycles. The number of hydrogen-bond donors (Lipinski definition) is 2. The van der Waals surface area contributed by atoms with Gasteiger partial charge in [-0.3, -0.25) is 9.59 Å². The van der Waals surface area contributed by atoms with Gasteiger partial charge in [0.05, 0.1) is 5.52 Å². The fourth-order valence-electron chi connectivity index (χ4n) is 1.31. The number of hydrogen-bond acceptors (Lipinski definition) is 3. The van der Waals surface area contributed by atoms with Crippen molar-refractivity contribution in [3.05, 3.63) is 45.9 Å². The number of benzene rings is 1. The number of rotatable bonds is 0. The lowest BCUT2D eigenvalue weighted by atomic mass is 10.2. The van der Waals surface area contributed by atoms with Crippen LogP contribution in [0.5, 0.6) is 5.75 Å². The van der Waals surface area contributed by atoms with E-state index in [-0.39, 0.29) is 5.43 Å². The molecule has 2 rings (SSSR count). The van der Waals surface area contributed by atoms with Gasteiger partial charge in [-0.1, -0.05) is 0 Å². The first kappa shape index (κ1) is 11.8. The van der Waals surface area contributed by atoms with E-state index in [1.54, 1.807) is 12.1 Å². The number of H-pyrrole nitrogens is 1. The number of nitrogens with one attached hydrogen (secondary N) is 1. The van der Waals surface area contributed by atoms with Gasteiger partial charge in [0.15, 0.2) is 11.2 Å². The van der Waals surface area contributed by atoms with Gasteiger partial charge in [0, 0.05) is 18.6 Å². The fraction of sp³-hybridized carbons (Fsp3) is 0. The van der Waals surface area contributed by atoms with Crippen LogP contribution in [0.15, 0.2) is 27.8 Å². The molecule has 0 amide bonds. The third-order valence-electron chi connectivity index (χ3n) is 2.07. The smallest absolute Gasteiger partial charge is 0.290 e. The zero-order valence-electron chi connectivity index (χ0n) is 7.75. The minimum Gasteiger partial charge on any atom is -0.503 e. The zero-order valence-corrected chi connectivity index (χ0v) is 12.1. The van der Waals surface area contributed by atoms with Crippen molar-refractivity contribution in [1.82, 2.24) is 4.98 Å². The Balaban J connectivity index is 3.10. The molecule has 0 fully saturated rings. The predicted molar refractivity (Wildman–Crippen MR) is 77.9 cm³/mol. The number of aromatic hydroxyl groups is 1. The highest BCUT2D eigenvalue weighted by Gasteiger charge is 2.05. The molecule has 0 radical (unpaired) electrons. The molecule has 6 heteroatoms. The Morgan fingerprint density at radius 1 is 1.06 bits per heavy atom. The standard InChI is InChI=1S/C10H5I2NO3/c11-5-1-4-7(2-6(5)12)13-10(16)9(15)3-8(4)14/h1-3,15H,(H,13,16). The Morgan fingerprint density at radius 3 is 2.38 bits per heavy atom. The largest absolute Gasteiger partial charge is 0.503 e. The topological polar surface area (TPSA) is 70.2 Å². The minimum atomic E-state index is -0.663. The third-order valence-corrected chi connectivity index (χ3v) is 4.89. The molecule has 4 nitrogen and oxygen atoms in total. The van der Waals surface area contributed by atoms with Crippen molar-refractivity contribution >= 4 is 56.1 Å². The van der Waals surface area contributed by atoms with Crippen LogP contribution in [0.4, 0.5) is 0 Å². The SMILES string of the molecule is O=c1[nH]c2cc(I)c(I)cc2c(=O)cc1O. The van der Waals surface area contributed by atoms with Crippen LogP contribution in [0.1, 0.15) is 0 Å². The molecule has 82 valence electrons. The molecule has 0 unspecified atom stereocenters. The summed E-state index contributed by atoms with van der Waals surface area (Å²) in [5, 5.41) is 9.65. The maximum Gasteiger partial charge on any atom is 0.290 e. The molecule has 0 atom stereocenters. The molecule has 0 aliphatic carbocycles. The fourth-order valence-corrected chi connectivity index (χ4v) is 2.24. The molecule has 2 N–H and O–H groups in total. The molecule has 1 heterocycles. The molecule has 0 bridgehead atoms. The highest BCUT2D eigenvalue weighted by molar-refractivity contribution is 14.1. The Hall–Kier alpha value is -0.640. The van der Waals surface area contributed by atoms with Gasteiger partial charge in [-0.25, -0.2) is 0 Å². The van der Waals surface area contributed by atoms with E-state index in [0.29, 0.717) is 10.9 Å². The van der Waals surface area contributed by atoms with Crippen molar-refractivity contribution in [1.29, 1.82) is 0 Å². The van der Waals surface area contributed by atoms with E-state index in [1.807, 2.05) is 0 Å². The summed E-state index contributed by atoms with van der Waals surface area (Å²) in [6, 6.07) is 4.33. The normalized spacial score (nSPS) is 10.6. The second kappa shape index (κ2) is 4.32. The van der Waals surface area contributed by atoms with E-state index in [2.05, 4.69) is 50.2 Å². The molecule has 0 saturated carbocycles. The average Bonchev–Trinajstić information content (AvgIpc) is 2.30. The quantitative estimate of drug-likeness (QED) is 0.614. The van der Waals surface area contributed by atoms with Crippen LogP contribution >= 0.6 is 45.2 Å². The number of aromatic amines is 1. The highest BCUT2D eigenvalue weighted by atomic mass is 127. The van der Waals surface area contributed by atoms with Crippen molar-refractivity contribution < 1.29 is 5.11 Å². The number of aromatic nitrogens is 1. The first-order chi connectivity index (χ1) is 7.49. The second-order valence-electron chi connectivity index (χ2n) is 3.16. The van der Waals surface area contributed by atoms with Crippen LogP contribution < -0.4 is 11.0 Å². The van der Waals surface area contributed by atoms with Gasteiger partial charge in [0.1, 0.15) is 0 Å². The molecule has 2 aromatic rings. The van der Waals surface area contributed by atoms with Gasteiger partial charge in [0.25, 0.3) is 5.56 Å². The third kappa shape index (κ3) is 2.08. The maximum absolute atomic E-state index is 11.7. The van der Waals surface area contributed by atoms with Crippen molar-refractivity contribution in [2.45, 2.75) is 0 Å². The van der Waals surface area contributed by atoms with E-state index < -0.39 is 11.3 Å².